The van der Waals surface area contributed by atoms with Gasteiger partial charge in [0.05, 0.1) is 33.6 Å². The van der Waals surface area contributed by atoms with Crippen molar-refractivity contribution in [3.63, 3.8) is 0 Å². The molecule has 170 valence electrons. The molecule has 0 spiro atoms. The SMILES string of the molecule is O=C(Nc1nc2ccc(F)cc2s1)N1CCC(F)(c2ncc(C[C@@H](O)CO)cc2Cl)CC1. The molecule has 0 unspecified atom stereocenters. The number of pyridine rings is 1. The Kier molecular flexibility index (Phi) is 6.57. The van der Waals surface area contributed by atoms with Crippen molar-refractivity contribution in [2.24, 2.45) is 0 Å². The third-order valence-electron chi connectivity index (χ3n) is 5.41. The number of rotatable bonds is 5. The first-order chi connectivity index (χ1) is 15.3. The Balaban J connectivity index is 1.39. The average Bonchev–Trinajstić information content (AvgIpc) is 3.15. The summed E-state index contributed by atoms with van der Waals surface area (Å²) >= 11 is 7.43. The molecule has 3 heterocycles. The van der Waals surface area contributed by atoms with E-state index in [4.69, 9.17) is 16.7 Å². The summed E-state index contributed by atoms with van der Waals surface area (Å²) in [7, 11) is 0. The molecule has 11 heteroatoms. The Morgan fingerprint density at radius 2 is 2.09 bits per heavy atom. The van der Waals surface area contributed by atoms with Gasteiger partial charge in [0.25, 0.3) is 0 Å². The summed E-state index contributed by atoms with van der Waals surface area (Å²) in [6, 6.07) is 5.34. The molecule has 0 radical (unpaired) electrons. The van der Waals surface area contributed by atoms with Crippen molar-refractivity contribution < 1.29 is 23.8 Å². The molecule has 1 aliphatic heterocycles. The summed E-state index contributed by atoms with van der Waals surface area (Å²) in [6.45, 7) is -0.0755. The van der Waals surface area contributed by atoms with Gasteiger partial charge in [-0.3, -0.25) is 10.3 Å². The van der Waals surface area contributed by atoms with Crippen LogP contribution in [0.3, 0.4) is 0 Å². The molecule has 0 bridgehead atoms. The normalized spacial score (nSPS) is 16.8. The molecule has 0 saturated carbocycles. The van der Waals surface area contributed by atoms with E-state index in [9.17, 15) is 14.3 Å². The van der Waals surface area contributed by atoms with Crippen molar-refractivity contribution in [2.75, 3.05) is 25.0 Å². The summed E-state index contributed by atoms with van der Waals surface area (Å²) in [4.78, 5) is 22.5. The van der Waals surface area contributed by atoms with Crippen LogP contribution in [0.1, 0.15) is 24.1 Å². The first-order valence-electron chi connectivity index (χ1n) is 10.0. The Bertz CT molecular complexity index is 1140. The van der Waals surface area contributed by atoms with Gasteiger partial charge in [-0.05, 0) is 29.8 Å². The molecule has 1 atom stereocenters. The summed E-state index contributed by atoms with van der Waals surface area (Å²) in [5.74, 6) is -0.376. The monoisotopic (exact) mass is 482 g/mol. The Hall–Kier alpha value is -2.40. The molecule has 3 N–H and O–H groups in total. The number of carbonyl (C=O) groups excluding carboxylic acids is 1. The Morgan fingerprint density at radius 3 is 2.78 bits per heavy atom. The number of hydrogen-bond donors (Lipinski definition) is 3. The fraction of sp³-hybridized carbons (Fsp3) is 0.381. The van der Waals surface area contributed by atoms with Gasteiger partial charge in [-0.15, -0.1) is 0 Å². The number of anilines is 1. The predicted octanol–water partition coefficient (Wildman–Crippen LogP) is 3.87. The predicted molar refractivity (Wildman–Crippen MR) is 118 cm³/mol. The molecule has 2 aromatic heterocycles. The fourth-order valence-electron chi connectivity index (χ4n) is 3.68. The minimum absolute atomic E-state index is 0.0246. The van der Waals surface area contributed by atoms with Crippen LogP contribution in [0.4, 0.5) is 18.7 Å². The molecule has 7 nitrogen and oxygen atoms in total. The van der Waals surface area contributed by atoms with E-state index in [2.05, 4.69) is 15.3 Å². The first kappa shape index (κ1) is 22.8. The molecule has 1 aliphatic rings. The third-order valence-corrected chi connectivity index (χ3v) is 6.63. The lowest BCUT2D eigenvalue weighted by Gasteiger charge is -2.36. The van der Waals surface area contributed by atoms with Gasteiger partial charge in [0.1, 0.15) is 5.82 Å². The molecule has 3 aromatic rings. The largest absolute Gasteiger partial charge is 0.394 e. The minimum atomic E-state index is -1.78. The maximum Gasteiger partial charge on any atom is 0.323 e. The molecular formula is C21H21ClF2N4O3S. The van der Waals surface area contributed by atoms with E-state index in [0.29, 0.717) is 20.9 Å². The van der Waals surface area contributed by atoms with Crippen LogP contribution in [-0.2, 0) is 12.1 Å². The number of thiazole rings is 1. The van der Waals surface area contributed by atoms with Gasteiger partial charge in [-0.1, -0.05) is 22.9 Å². The first-order valence-corrected chi connectivity index (χ1v) is 11.2. The second-order valence-corrected chi connectivity index (χ2v) is 9.17. The molecule has 32 heavy (non-hydrogen) atoms. The zero-order valence-corrected chi connectivity index (χ0v) is 18.5. The van der Waals surface area contributed by atoms with Crippen molar-refractivity contribution in [2.45, 2.75) is 31.0 Å². The van der Waals surface area contributed by atoms with Crippen LogP contribution >= 0.6 is 22.9 Å². The second kappa shape index (κ2) is 9.22. The van der Waals surface area contributed by atoms with Crippen LogP contribution in [0, 0.1) is 5.82 Å². The highest BCUT2D eigenvalue weighted by molar-refractivity contribution is 7.22. The van der Waals surface area contributed by atoms with Gasteiger partial charge in [0.15, 0.2) is 10.8 Å². The number of nitrogens with one attached hydrogen (secondary N) is 1. The van der Waals surface area contributed by atoms with Gasteiger partial charge in [0.2, 0.25) is 0 Å². The quantitative estimate of drug-likeness (QED) is 0.512. The van der Waals surface area contributed by atoms with Crippen molar-refractivity contribution in [3.8, 4) is 0 Å². The average molecular weight is 483 g/mol. The maximum absolute atomic E-state index is 15.6. The van der Waals surface area contributed by atoms with Crippen molar-refractivity contribution >= 4 is 44.3 Å². The summed E-state index contributed by atoms with van der Waals surface area (Å²) in [5, 5.41) is 21.7. The number of nitrogens with zero attached hydrogens (tertiary/aromatic N) is 3. The van der Waals surface area contributed by atoms with Crippen LogP contribution in [-0.4, -0.2) is 56.9 Å². The lowest BCUT2D eigenvalue weighted by Crippen LogP contribution is -2.45. The number of alkyl halides is 1. The van der Waals surface area contributed by atoms with E-state index in [1.807, 2.05) is 0 Å². The fourth-order valence-corrected chi connectivity index (χ4v) is 4.92. The number of carbonyl (C=O) groups is 1. The molecular weight excluding hydrogens is 462 g/mol. The number of amides is 2. The highest BCUT2D eigenvalue weighted by Crippen LogP contribution is 2.39. The Morgan fingerprint density at radius 1 is 1.34 bits per heavy atom. The minimum Gasteiger partial charge on any atom is -0.394 e. The van der Waals surface area contributed by atoms with Gasteiger partial charge < -0.3 is 15.1 Å². The Labute approximate surface area is 191 Å². The number of aromatic nitrogens is 2. The lowest BCUT2D eigenvalue weighted by atomic mass is 9.89. The van der Waals surface area contributed by atoms with E-state index >= 15 is 4.39 Å². The van der Waals surface area contributed by atoms with Gasteiger partial charge in [-0.2, -0.15) is 0 Å². The standard InChI is InChI=1S/C21H21ClF2N4O3S/c22-15-8-12(7-14(30)11-29)10-25-18(15)21(24)3-5-28(6-4-21)20(31)27-19-26-16-2-1-13(23)9-17(16)32-19/h1-2,8-10,14,29-30H,3-7,11H2,(H,26,27,31)/t14-/m1/s1. The summed E-state index contributed by atoms with van der Waals surface area (Å²) in [6.07, 6.45) is 0.716. The van der Waals surface area contributed by atoms with Gasteiger partial charge in [-0.25, -0.2) is 18.6 Å². The number of halogens is 3. The van der Waals surface area contributed by atoms with Crippen molar-refractivity contribution in [3.05, 3.63) is 52.6 Å². The van der Waals surface area contributed by atoms with Gasteiger partial charge >= 0.3 is 6.03 Å². The third kappa shape index (κ3) is 4.83. The number of piperidine rings is 1. The van der Waals surface area contributed by atoms with Crippen LogP contribution < -0.4 is 5.32 Å². The lowest BCUT2D eigenvalue weighted by molar-refractivity contribution is 0.0683. The van der Waals surface area contributed by atoms with E-state index in [1.165, 1.54) is 23.2 Å². The highest BCUT2D eigenvalue weighted by Gasteiger charge is 2.40. The van der Waals surface area contributed by atoms with E-state index in [0.717, 1.165) is 11.3 Å². The maximum atomic E-state index is 15.6. The van der Waals surface area contributed by atoms with Crippen LogP contribution in [0.15, 0.2) is 30.5 Å². The number of aliphatic hydroxyl groups is 2. The van der Waals surface area contributed by atoms with E-state index in [1.54, 1.807) is 12.1 Å². The number of benzene rings is 1. The molecule has 2 amide bonds. The molecule has 1 aromatic carbocycles. The summed E-state index contributed by atoms with van der Waals surface area (Å²) < 4.78 is 29.6. The zero-order valence-electron chi connectivity index (χ0n) is 16.9. The molecule has 0 aliphatic carbocycles. The van der Waals surface area contributed by atoms with E-state index in [-0.39, 0.29) is 48.9 Å². The van der Waals surface area contributed by atoms with Crippen LogP contribution in [0.5, 0.6) is 0 Å². The van der Waals surface area contributed by atoms with Crippen LogP contribution in [0.2, 0.25) is 5.02 Å². The van der Waals surface area contributed by atoms with Crippen molar-refractivity contribution in [1.29, 1.82) is 0 Å². The summed E-state index contributed by atoms with van der Waals surface area (Å²) in [5.41, 5.74) is -0.495. The number of fused-ring (bicyclic) bond motifs is 1. The van der Waals surface area contributed by atoms with Crippen LogP contribution in [0.25, 0.3) is 10.2 Å². The van der Waals surface area contributed by atoms with Gasteiger partial charge in [0, 0.05) is 38.5 Å². The number of hydrogen-bond acceptors (Lipinski definition) is 6. The zero-order chi connectivity index (χ0) is 22.9. The molecule has 1 saturated heterocycles. The topological polar surface area (TPSA) is 98.6 Å². The molecule has 4 rings (SSSR count). The molecule has 1 fully saturated rings. The van der Waals surface area contributed by atoms with Crippen molar-refractivity contribution in [1.82, 2.24) is 14.9 Å². The number of urea groups is 1. The van der Waals surface area contributed by atoms with E-state index < -0.39 is 24.4 Å². The highest BCUT2D eigenvalue weighted by atomic mass is 35.5. The smallest absolute Gasteiger partial charge is 0.323 e. The number of likely N-dealkylation sites (tertiary alicyclic amines) is 1. The second-order valence-electron chi connectivity index (χ2n) is 7.73. The number of aliphatic hydroxyl groups excluding tert-OH is 2.